The topological polar surface area (TPSA) is 24.9 Å². The maximum Gasteiger partial charge on any atom is 0.0553 e. The van der Waals surface area contributed by atoms with Crippen LogP contribution in [0.25, 0.3) is 0 Å². The summed E-state index contributed by atoms with van der Waals surface area (Å²) in [7, 11) is 0. The second-order valence-electron chi connectivity index (χ2n) is 4.79. The number of likely N-dealkylation sites (N-methyl/N-ethyl adjacent to an activating group) is 1. The average molecular weight is 230 g/mol. The van der Waals surface area contributed by atoms with Crippen molar-refractivity contribution >= 4 is 0 Å². The number of hydrogen-bond acceptors (Lipinski definition) is 2. The van der Waals surface area contributed by atoms with Crippen LogP contribution >= 0.6 is 0 Å². The van der Waals surface area contributed by atoms with Gasteiger partial charge in [0.1, 0.15) is 0 Å². The van der Waals surface area contributed by atoms with Gasteiger partial charge >= 0.3 is 0 Å². The van der Waals surface area contributed by atoms with Crippen LogP contribution in [0.15, 0.2) is 23.8 Å². The fraction of sp³-hybridized carbons (Fsp3) is 0.533. The maximum absolute atomic E-state index is 4.58. The Morgan fingerprint density at radius 2 is 2.18 bits per heavy atom. The number of nitrogens with one attached hydrogen (secondary N) is 1. The molecule has 1 atom stereocenters. The number of nitrogens with zero attached hydrogens (tertiary/aromatic N) is 1. The molecule has 0 saturated carbocycles. The summed E-state index contributed by atoms with van der Waals surface area (Å²) in [5.41, 5.74) is 5.14. The summed E-state index contributed by atoms with van der Waals surface area (Å²) in [5.74, 6) is 0. The van der Waals surface area contributed by atoms with Gasteiger partial charge in [0, 0.05) is 11.4 Å². The molecule has 1 N–H and O–H groups in total. The largest absolute Gasteiger partial charge is 0.307 e. The summed E-state index contributed by atoms with van der Waals surface area (Å²) in [6.07, 6.45) is 6.16. The van der Waals surface area contributed by atoms with Gasteiger partial charge in [0.15, 0.2) is 0 Å². The zero-order valence-corrected chi connectivity index (χ0v) is 11.1. The molecular formula is C15H22N2. The van der Waals surface area contributed by atoms with Crippen LogP contribution in [0.5, 0.6) is 0 Å². The average Bonchev–Trinajstić information content (AvgIpc) is 2.80. The van der Waals surface area contributed by atoms with E-state index in [2.05, 4.69) is 42.4 Å². The lowest BCUT2D eigenvalue weighted by molar-refractivity contribution is 0.600. The van der Waals surface area contributed by atoms with Gasteiger partial charge < -0.3 is 5.32 Å². The van der Waals surface area contributed by atoms with Crippen molar-refractivity contribution in [3.8, 4) is 0 Å². The summed E-state index contributed by atoms with van der Waals surface area (Å²) in [6.45, 7) is 7.32. The molecule has 1 aromatic heterocycles. The molecule has 2 nitrogen and oxygen atoms in total. The van der Waals surface area contributed by atoms with Crippen molar-refractivity contribution in [3.05, 3.63) is 40.7 Å². The molecule has 0 amide bonds. The third kappa shape index (κ3) is 2.75. The van der Waals surface area contributed by atoms with Crippen LogP contribution in [0.3, 0.4) is 0 Å². The lowest BCUT2D eigenvalue weighted by atomic mass is 9.96. The van der Waals surface area contributed by atoms with Crippen LogP contribution in [0.4, 0.5) is 0 Å². The van der Waals surface area contributed by atoms with Crippen LogP contribution in [0.1, 0.15) is 49.2 Å². The third-order valence-corrected chi connectivity index (χ3v) is 3.43. The van der Waals surface area contributed by atoms with E-state index < -0.39 is 0 Å². The summed E-state index contributed by atoms with van der Waals surface area (Å²) >= 11 is 0. The van der Waals surface area contributed by atoms with Crippen molar-refractivity contribution in [1.29, 1.82) is 0 Å². The number of hydrogen-bond donors (Lipinski definition) is 1. The Morgan fingerprint density at radius 1 is 1.35 bits per heavy atom. The molecule has 1 unspecified atom stereocenters. The van der Waals surface area contributed by atoms with E-state index in [4.69, 9.17) is 0 Å². The monoisotopic (exact) mass is 230 g/mol. The highest BCUT2D eigenvalue weighted by Gasteiger charge is 2.20. The van der Waals surface area contributed by atoms with Gasteiger partial charge in [-0.1, -0.05) is 24.6 Å². The van der Waals surface area contributed by atoms with E-state index in [0.717, 1.165) is 17.9 Å². The maximum atomic E-state index is 4.58. The lowest BCUT2D eigenvalue weighted by Gasteiger charge is -2.21. The highest BCUT2D eigenvalue weighted by Crippen LogP contribution is 2.31. The first-order valence-corrected chi connectivity index (χ1v) is 6.59. The Labute approximate surface area is 104 Å². The van der Waals surface area contributed by atoms with Gasteiger partial charge in [-0.2, -0.15) is 0 Å². The van der Waals surface area contributed by atoms with Gasteiger partial charge in [-0.25, -0.2) is 0 Å². The molecule has 0 fully saturated rings. The summed E-state index contributed by atoms with van der Waals surface area (Å²) < 4.78 is 0. The Balaban J connectivity index is 2.31. The third-order valence-electron chi connectivity index (χ3n) is 3.43. The number of pyridine rings is 1. The quantitative estimate of drug-likeness (QED) is 0.801. The zero-order chi connectivity index (χ0) is 12.3. The molecule has 0 saturated heterocycles. The molecule has 1 heterocycles. The number of rotatable bonds is 4. The first-order valence-electron chi connectivity index (χ1n) is 6.59. The normalized spacial score (nSPS) is 17.0. The zero-order valence-electron chi connectivity index (χ0n) is 11.1. The van der Waals surface area contributed by atoms with Gasteiger partial charge in [-0.15, -0.1) is 0 Å². The van der Waals surface area contributed by atoms with E-state index >= 15 is 0 Å². The minimum atomic E-state index is 0.371. The highest BCUT2D eigenvalue weighted by atomic mass is 14.9. The molecule has 1 aliphatic carbocycles. The Kier molecular flexibility index (Phi) is 3.95. The summed E-state index contributed by atoms with van der Waals surface area (Å²) in [4.78, 5) is 4.58. The molecule has 92 valence electrons. The molecular weight excluding hydrogens is 208 g/mol. The van der Waals surface area contributed by atoms with E-state index in [0.29, 0.717) is 6.04 Å². The number of allylic oxidation sites excluding steroid dienone is 1. The van der Waals surface area contributed by atoms with Crippen LogP contribution in [0, 0.1) is 13.8 Å². The van der Waals surface area contributed by atoms with Crippen LogP contribution < -0.4 is 5.32 Å². The smallest absolute Gasteiger partial charge is 0.0553 e. The fourth-order valence-corrected chi connectivity index (χ4v) is 2.61. The number of aryl methyl sites for hydroxylation is 2. The van der Waals surface area contributed by atoms with Crippen molar-refractivity contribution in [2.75, 3.05) is 6.54 Å². The second kappa shape index (κ2) is 5.46. The van der Waals surface area contributed by atoms with Crippen molar-refractivity contribution in [2.45, 2.75) is 46.1 Å². The Hall–Kier alpha value is -1.15. The van der Waals surface area contributed by atoms with Crippen molar-refractivity contribution in [1.82, 2.24) is 10.3 Å². The highest BCUT2D eigenvalue weighted by molar-refractivity contribution is 5.33. The first-order chi connectivity index (χ1) is 8.22. The first kappa shape index (κ1) is 12.3. The van der Waals surface area contributed by atoms with Gasteiger partial charge in [0.05, 0.1) is 6.04 Å². The molecule has 0 bridgehead atoms. The molecule has 0 aliphatic heterocycles. The molecule has 0 radical (unpaired) electrons. The van der Waals surface area contributed by atoms with Crippen LogP contribution in [-0.2, 0) is 0 Å². The predicted molar refractivity (Wildman–Crippen MR) is 72.1 cm³/mol. The molecule has 0 aromatic carbocycles. The molecule has 1 aliphatic rings. The molecule has 17 heavy (non-hydrogen) atoms. The molecule has 0 spiro atoms. The van der Waals surface area contributed by atoms with Crippen LogP contribution in [0.2, 0.25) is 0 Å². The van der Waals surface area contributed by atoms with Crippen molar-refractivity contribution in [3.63, 3.8) is 0 Å². The SMILES string of the molecule is CCNC(C1=CCCC1)c1ccc(C)nc1C. The number of aromatic nitrogens is 1. The van der Waals surface area contributed by atoms with E-state index in [1.165, 1.54) is 24.8 Å². The van der Waals surface area contributed by atoms with Crippen LogP contribution in [-0.4, -0.2) is 11.5 Å². The minimum absolute atomic E-state index is 0.371. The summed E-state index contributed by atoms with van der Waals surface area (Å²) in [6, 6.07) is 4.71. The van der Waals surface area contributed by atoms with Gasteiger partial charge in [-0.3, -0.25) is 4.98 Å². The predicted octanol–water partition coefficient (Wildman–Crippen LogP) is 3.46. The summed E-state index contributed by atoms with van der Waals surface area (Å²) in [5, 5.41) is 3.59. The van der Waals surface area contributed by atoms with Gasteiger partial charge in [-0.05, 0) is 51.3 Å². The molecule has 2 rings (SSSR count). The van der Waals surface area contributed by atoms with Crippen molar-refractivity contribution < 1.29 is 0 Å². The van der Waals surface area contributed by atoms with E-state index in [-0.39, 0.29) is 0 Å². The second-order valence-corrected chi connectivity index (χ2v) is 4.79. The Morgan fingerprint density at radius 3 is 2.76 bits per heavy atom. The molecule has 2 heteroatoms. The minimum Gasteiger partial charge on any atom is -0.307 e. The molecule has 1 aromatic rings. The Bertz CT molecular complexity index is 421. The standard InChI is InChI=1S/C15H22N2/c1-4-16-15(13-7-5-6-8-13)14-10-9-11(2)17-12(14)3/h7,9-10,15-16H,4-6,8H2,1-3H3. The van der Waals surface area contributed by atoms with Gasteiger partial charge in [0.25, 0.3) is 0 Å². The van der Waals surface area contributed by atoms with E-state index in [9.17, 15) is 0 Å². The van der Waals surface area contributed by atoms with E-state index in [1.807, 2.05) is 6.92 Å². The van der Waals surface area contributed by atoms with Crippen molar-refractivity contribution in [2.24, 2.45) is 0 Å². The van der Waals surface area contributed by atoms with Gasteiger partial charge in [0.2, 0.25) is 0 Å². The lowest BCUT2D eigenvalue weighted by Crippen LogP contribution is -2.23. The fourth-order valence-electron chi connectivity index (χ4n) is 2.61. The van der Waals surface area contributed by atoms with E-state index in [1.54, 1.807) is 5.57 Å².